The average Bonchev–Trinajstić information content (AvgIpc) is 2.61. The highest BCUT2D eigenvalue weighted by molar-refractivity contribution is 5.58. The Kier molecular flexibility index (Phi) is 6.68. The molecule has 0 fully saturated rings. The predicted octanol–water partition coefficient (Wildman–Crippen LogP) is 5.46. The first-order valence-corrected chi connectivity index (χ1v) is 7.89. The first-order valence-electron chi connectivity index (χ1n) is 7.89. The topological polar surface area (TPSA) is 33.0 Å². The molecule has 2 heteroatoms. The van der Waals surface area contributed by atoms with E-state index >= 15 is 0 Å². The minimum Gasteiger partial charge on any atom is -0.494 e. The van der Waals surface area contributed by atoms with E-state index in [1.165, 1.54) is 0 Å². The van der Waals surface area contributed by atoms with Gasteiger partial charge in [0.25, 0.3) is 0 Å². The highest BCUT2D eigenvalue weighted by Gasteiger charge is 1.93. The van der Waals surface area contributed by atoms with Gasteiger partial charge in [-0.2, -0.15) is 5.26 Å². The molecule has 0 bridgehead atoms. The van der Waals surface area contributed by atoms with Gasteiger partial charge >= 0.3 is 0 Å². The van der Waals surface area contributed by atoms with Gasteiger partial charge in [0.2, 0.25) is 0 Å². The second-order valence-corrected chi connectivity index (χ2v) is 5.22. The normalized spacial score (nSPS) is 11.0. The molecule has 23 heavy (non-hydrogen) atoms. The molecule has 0 aliphatic carbocycles. The molecule has 0 amide bonds. The van der Waals surface area contributed by atoms with Crippen LogP contribution in [0.2, 0.25) is 0 Å². The van der Waals surface area contributed by atoms with Gasteiger partial charge in [0, 0.05) is 0 Å². The van der Waals surface area contributed by atoms with Crippen LogP contribution in [0.25, 0.3) is 12.2 Å². The van der Waals surface area contributed by atoms with Crippen molar-refractivity contribution < 1.29 is 4.74 Å². The lowest BCUT2D eigenvalue weighted by atomic mass is 10.1. The van der Waals surface area contributed by atoms with E-state index in [1.54, 1.807) is 0 Å². The Hall–Kier alpha value is -2.79. The van der Waals surface area contributed by atoms with E-state index in [1.807, 2.05) is 66.8 Å². The van der Waals surface area contributed by atoms with Crippen LogP contribution in [0.15, 0.2) is 60.7 Å². The molecule has 0 atom stereocenters. The van der Waals surface area contributed by atoms with Gasteiger partial charge in [-0.05, 0) is 41.8 Å². The van der Waals surface area contributed by atoms with E-state index in [0.29, 0.717) is 5.56 Å². The molecule has 0 N–H and O–H groups in total. The summed E-state index contributed by atoms with van der Waals surface area (Å²) in [6, 6.07) is 17.7. The number of rotatable bonds is 7. The summed E-state index contributed by atoms with van der Waals surface area (Å²) in [5.74, 6) is 0.920. The van der Waals surface area contributed by atoms with Crippen molar-refractivity contribution in [2.24, 2.45) is 0 Å². The third-order valence-corrected chi connectivity index (χ3v) is 3.37. The molecule has 0 aromatic heterocycles. The second-order valence-electron chi connectivity index (χ2n) is 5.22. The maximum Gasteiger partial charge on any atom is 0.119 e. The van der Waals surface area contributed by atoms with Crippen LogP contribution in [0.5, 0.6) is 5.75 Å². The van der Waals surface area contributed by atoms with Crippen molar-refractivity contribution in [1.82, 2.24) is 0 Å². The monoisotopic (exact) mass is 303 g/mol. The highest BCUT2D eigenvalue weighted by atomic mass is 16.5. The lowest BCUT2D eigenvalue weighted by Crippen LogP contribution is -1.95. The molecular formula is C21H21NO. The summed E-state index contributed by atoms with van der Waals surface area (Å²) in [5, 5.41) is 8.76. The van der Waals surface area contributed by atoms with Gasteiger partial charge in [0.15, 0.2) is 0 Å². The fourth-order valence-electron chi connectivity index (χ4n) is 2.01. The summed E-state index contributed by atoms with van der Waals surface area (Å²) in [5.41, 5.74) is 2.89. The molecular weight excluding hydrogens is 282 g/mol. The lowest BCUT2D eigenvalue weighted by molar-refractivity contribution is 0.309. The minimum atomic E-state index is 0.680. The lowest BCUT2D eigenvalue weighted by Gasteiger charge is -2.04. The molecule has 0 aliphatic heterocycles. The van der Waals surface area contributed by atoms with Crippen molar-refractivity contribution in [2.75, 3.05) is 6.61 Å². The minimum absolute atomic E-state index is 0.680. The summed E-state index contributed by atoms with van der Waals surface area (Å²) in [6.45, 7) is 2.93. The van der Waals surface area contributed by atoms with Gasteiger partial charge in [-0.3, -0.25) is 0 Å². The summed E-state index contributed by atoms with van der Waals surface area (Å²) in [6.07, 6.45) is 10.3. The molecule has 0 radical (unpaired) electrons. The molecule has 116 valence electrons. The van der Waals surface area contributed by atoms with Crippen LogP contribution in [-0.2, 0) is 0 Å². The number of nitrogens with zero attached hydrogens (tertiary/aromatic N) is 1. The van der Waals surface area contributed by atoms with E-state index in [9.17, 15) is 0 Å². The number of hydrogen-bond acceptors (Lipinski definition) is 2. The summed E-state index contributed by atoms with van der Waals surface area (Å²) in [7, 11) is 0. The Balaban J connectivity index is 1.87. The summed E-state index contributed by atoms with van der Waals surface area (Å²) >= 11 is 0. The first kappa shape index (κ1) is 16.6. The largest absolute Gasteiger partial charge is 0.494 e. The zero-order valence-corrected chi connectivity index (χ0v) is 13.4. The van der Waals surface area contributed by atoms with Crippen molar-refractivity contribution in [3.63, 3.8) is 0 Å². The molecule has 0 saturated heterocycles. The van der Waals surface area contributed by atoms with Crippen LogP contribution >= 0.6 is 0 Å². The third kappa shape index (κ3) is 5.84. The Morgan fingerprint density at radius 3 is 2.00 bits per heavy atom. The van der Waals surface area contributed by atoms with Gasteiger partial charge in [0.1, 0.15) is 5.75 Å². The van der Waals surface area contributed by atoms with Crippen molar-refractivity contribution in [1.29, 1.82) is 5.26 Å². The second kappa shape index (κ2) is 9.27. The zero-order valence-electron chi connectivity index (χ0n) is 13.4. The number of nitriles is 1. The zero-order chi connectivity index (χ0) is 16.3. The van der Waals surface area contributed by atoms with Gasteiger partial charge in [0.05, 0.1) is 18.2 Å². The van der Waals surface area contributed by atoms with Gasteiger partial charge in [-0.25, -0.2) is 0 Å². The van der Waals surface area contributed by atoms with Crippen LogP contribution in [0.1, 0.15) is 36.5 Å². The fraction of sp³-hybridized carbons (Fsp3) is 0.190. The predicted molar refractivity (Wildman–Crippen MR) is 96.1 cm³/mol. The maximum atomic E-state index is 8.76. The van der Waals surface area contributed by atoms with Gasteiger partial charge in [-0.15, -0.1) is 0 Å². The molecule has 2 aromatic rings. The van der Waals surface area contributed by atoms with E-state index < -0.39 is 0 Å². The maximum absolute atomic E-state index is 8.76. The number of ether oxygens (including phenoxy) is 1. The highest BCUT2D eigenvalue weighted by Crippen LogP contribution is 2.14. The standard InChI is InChI=1S/C21H21NO/c1-2-3-16-23-21-14-12-19(13-15-21)7-5-4-6-18-8-10-20(17-22)11-9-18/h4-15H,2-3,16H2,1H3/b6-4+,7-5+. The molecule has 0 heterocycles. The Bertz CT molecular complexity index is 688. The van der Waals surface area contributed by atoms with Crippen LogP contribution in [-0.4, -0.2) is 6.61 Å². The average molecular weight is 303 g/mol. The Morgan fingerprint density at radius 2 is 1.48 bits per heavy atom. The van der Waals surface area contributed by atoms with Gasteiger partial charge < -0.3 is 4.74 Å². The van der Waals surface area contributed by atoms with Crippen LogP contribution in [0.3, 0.4) is 0 Å². The SMILES string of the molecule is CCCCOc1ccc(/C=C/C=C/c2ccc(C#N)cc2)cc1. The van der Waals surface area contributed by atoms with E-state index in [4.69, 9.17) is 10.00 Å². The van der Waals surface area contributed by atoms with E-state index in [2.05, 4.69) is 19.1 Å². The summed E-state index contributed by atoms with van der Waals surface area (Å²) < 4.78 is 5.64. The molecule has 2 rings (SSSR count). The molecule has 2 nitrogen and oxygen atoms in total. The van der Waals surface area contributed by atoms with E-state index in [0.717, 1.165) is 36.3 Å². The number of unbranched alkanes of at least 4 members (excludes halogenated alkanes) is 1. The quantitative estimate of drug-likeness (QED) is 0.502. The molecule has 0 aliphatic rings. The Labute approximate surface area is 138 Å². The number of hydrogen-bond donors (Lipinski definition) is 0. The molecule has 2 aromatic carbocycles. The Morgan fingerprint density at radius 1 is 0.913 bits per heavy atom. The summed E-state index contributed by atoms with van der Waals surface area (Å²) in [4.78, 5) is 0. The van der Waals surface area contributed by atoms with Crippen LogP contribution in [0.4, 0.5) is 0 Å². The smallest absolute Gasteiger partial charge is 0.119 e. The molecule has 0 saturated carbocycles. The number of allylic oxidation sites excluding steroid dienone is 2. The van der Waals surface area contributed by atoms with Crippen molar-refractivity contribution >= 4 is 12.2 Å². The fourth-order valence-corrected chi connectivity index (χ4v) is 2.01. The van der Waals surface area contributed by atoms with Crippen LogP contribution < -0.4 is 4.74 Å². The molecule has 0 spiro atoms. The third-order valence-electron chi connectivity index (χ3n) is 3.37. The van der Waals surface area contributed by atoms with Gasteiger partial charge in [-0.1, -0.05) is 61.9 Å². The molecule has 0 unspecified atom stereocenters. The van der Waals surface area contributed by atoms with Crippen molar-refractivity contribution in [3.8, 4) is 11.8 Å². The van der Waals surface area contributed by atoms with Crippen molar-refractivity contribution in [3.05, 3.63) is 77.4 Å². The first-order chi connectivity index (χ1) is 11.3. The van der Waals surface area contributed by atoms with Crippen molar-refractivity contribution in [2.45, 2.75) is 19.8 Å². The van der Waals surface area contributed by atoms with Crippen LogP contribution in [0, 0.1) is 11.3 Å². The van der Waals surface area contributed by atoms with E-state index in [-0.39, 0.29) is 0 Å². The number of benzene rings is 2.